The molecule has 0 atom stereocenters. The molecule has 6 nitrogen and oxygen atoms in total. The lowest BCUT2D eigenvalue weighted by molar-refractivity contribution is 0.533. The lowest BCUT2D eigenvalue weighted by atomic mass is 10.5. The molecule has 0 aliphatic carbocycles. The molecule has 0 aliphatic heterocycles. The maximum Gasteiger partial charge on any atom is 0.252 e. The van der Waals surface area contributed by atoms with Crippen LogP contribution in [-0.4, -0.2) is 11.2 Å². The van der Waals surface area contributed by atoms with Gasteiger partial charge in [0, 0.05) is 6.92 Å². The molecule has 16 heavy (non-hydrogen) atoms. The SMILES string of the molecule is Cc1nc(C#N)c(NN=Cc2ccco2)o1. The average molecular weight is 216 g/mol. The first kappa shape index (κ1) is 9.98. The molecule has 80 valence electrons. The predicted octanol–water partition coefficient (Wildman–Crippen LogP) is 1.89. The molecule has 0 amide bonds. The first-order valence-corrected chi connectivity index (χ1v) is 4.49. The normalized spacial score (nSPS) is 10.5. The van der Waals surface area contributed by atoms with Crippen LogP contribution in [-0.2, 0) is 0 Å². The number of aromatic nitrogens is 1. The number of nitriles is 1. The lowest BCUT2D eigenvalue weighted by Crippen LogP contribution is -1.90. The Kier molecular flexibility index (Phi) is 2.69. The summed E-state index contributed by atoms with van der Waals surface area (Å²) >= 11 is 0. The highest BCUT2D eigenvalue weighted by Gasteiger charge is 2.08. The molecule has 0 saturated carbocycles. The molecule has 0 saturated heterocycles. The van der Waals surface area contributed by atoms with Crippen molar-refractivity contribution in [1.82, 2.24) is 4.98 Å². The number of hydrazone groups is 1. The summed E-state index contributed by atoms with van der Waals surface area (Å²) < 4.78 is 10.2. The minimum atomic E-state index is 0.175. The van der Waals surface area contributed by atoms with Gasteiger partial charge in [-0.2, -0.15) is 10.4 Å². The van der Waals surface area contributed by atoms with Crippen LogP contribution in [0.25, 0.3) is 0 Å². The van der Waals surface area contributed by atoms with Gasteiger partial charge in [0.2, 0.25) is 5.69 Å². The number of furan rings is 1. The van der Waals surface area contributed by atoms with Crippen LogP contribution in [0.2, 0.25) is 0 Å². The fourth-order valence-corrected chi connectivity index (χ4v) is 1.10. The van der Waals surface area contributed by atoms with Crippen LogP contribution >= 0.6 is 0 Å². The van der Waals surface area contributed by atoms with Gasteiger partial charge in [-0.1, -0.05) is 0 Å². The van der Waals surface area contributed by atoms with Crippen LogP contribution in [0.5, 0.6) is 0 Å². The van der Waals surface area contributed by atoms with Crippen molar-refractivity contribution in [1.29, 1.82) is 5.26 Å². The number of rotatable bonds is 3. The Hall–Kier alpha value is -2.55. The maximum absolute atomic E-state index is 8.73. The molecular formula is C10H8N4O2. The molecule has 0 aliphatic rings. The zero-order valence-electron chi connectivity index (χ0n) is 8.47. The molecule has 2 aromatic heterocycles. The van der Waals surface area contributed by atoms with Crippen molar-refractivity contribution in [2.24, 2.45) is 5.10 Å². The predicted molar refractivity (Wildman–Crippen MR) is 55.9 cm³/mol. The molecular weight excluding hydrogens is 208 g/mol. The van der Waals surface area contributed by atoms with Gasteiger partial charge in [0.25, 0.3) is 5.88 Å². The van der Waals surface area contributed by atoms with Crippen molar-refractivity contribution in [3.8, 4) is 6.07 Å². The number of oxazole rings is 1. The maximum atomic E-state index is 8.73. The van der Waals surface area contributed by atoms with E-state index in [0.29, 0.717) is 11.7 Å². The Balaban J connectivity index is 2.08. The second-order valence-corrected chi connectivity index (χ2v) is 2.91. The number of nitrogens with zero attached hydrogens (tertiary/aromatic N) is 3. The van der Waals surface area contributed by atoms with Crippen molar-refractivity contribution in [2.45, 2.75) is 6.92 Å². The number of hydrogen-bond acceptors (Lipinski definition) is 6. The summed E-state index contributed by atoms with van der Waals surface area (Å²) in [4.78, 5) is 3.86. The Bertz CT molecular complexity index is 534. The van der Waals surface area contributed by atoms with Crippen LogP contribution in [0.1, 0.15) is 17.3 Å². The van der Waals surface area contributed by atoms with E-state index >= 15 is 0 Å². The molecule has 0 unspecified atom stereocenters. The average Bonchev–Trinajstić information content (AvgIpc) is 2.88. The van der Waals surface area contributed by atoms with E-state index in [0.717, 1.165) is 0 Å². The van der Waals surface area contributed by atoms with Crippen LogP contribution in [0.4, 0.5) is 5.88 Å². The van der Waals surface area contributed by atoms with Gasteiger partial charge in [-0.15, -0.1) is 0 Å². The van der Waals surface area contributed by atoms with Crippen molar-refractivity contribution >= 4 is 12.1 Å². The Morgan fingerprint density at radius 1 is 1.62 bits per heavy atom. The molecule has 2 rings (SSSR count). The van der Waals surface area contributed by atoms with Crippen molar-refractivity contribution in [2.75, 3.05) is 5.43 Å². The van der Waals surface area contributed by atoms with E-state index in [1.54, 1.807) is 25.3 Å². The molecule has 0 spiro atoms. The summed E-state index contributed by atoms with van der Waals surface area (Å²) in [6.07, 6.45) is 3.01. The molecule has 6 heteroatoms. The first-order valence-electron chi connectivity index (χ1n) is 4.49. The van der Waals surface area contributed by atoms with Gasteiger partial charge in [-0.3, -0.25) is 0 Å². The zero-order valence-corrected chi connectivity index (χ0v) is 8.47. The van der Waals surface area contributed by atoms with E-state index in [1.165, 1.54) is 6.21 Å². The van der Waals surface area contributed by atoms with Gasteiger partial charge in [0.15, 0.2) is 5.89 Å². The lowest BCUT2D eigenvalue weighted by Gasteiger charge is -1.92. The van der Waals surface area contributed by atoms with Crippen LogP contribution < -0.4 is 5.43 Å². The summed E-state index contributed by atoms with van der Waals surface area (Å²) in [5.41, 5.74) is 2.76. The Labute approximate surface area is 91.2 Å². The minimum Gasteiger partial charge on any atom is -0.463 e. The van der Waals surface area contributed by atoms with E-state index in [4.69, 9.17) is 14.1 Å². The Morgan fingerprint density at radius 3 is 3.19 bits per heavy atom. The summed E-state index contributed by atoms with van der Waals surface area (Å²) in [6, 6.07) is 5.40. The molecule has 0 radical (unpaired) electrons. The third-order valence-corrected chi connectivity index (χ3v) is 1.74. The summed E-state index contributed by atoms with van der Waals surface area (Å²) in [5.74, 6) is 1.23. The van der Waals surface area contributed by atoms with Gasteiger partial charge < -0.3 is 8.83 Å². The molecule has 0 bridgehead atoms. The van der Waals surface area contributed by atoms with Crippen LogP contribution in [0, 0.1) is 18.3 Å². The Morgan fingerprint density at radius 2 is 2.50 bits per heavy atom. The van der Waals surface area contributed by atoms with Gasteiger partial charge in [0.1, 0.15) is 11.8 Å². The standard InChI is InChI=1S/C10H8N4O2/c1-7-13-9(5-11)10(16-7)14-12-6-8-3-2-4-15-8/h2-4,6,14H,1H3. The van der Waals surface area contributed by atoms with Crippen molar-refractivity contribution in [3.63, 3.8) is 0 Å². The van der Waals surface area contributed by atoms with Crippen molar-refractivity contribution < 1.29 is 8.83 Å². The summed E-state index contributed by atoms with van der Waals surface area (Å²) in [6.45, 7) is 1.66. The quantitative estimate of drug-likeness (QED) is 0.625. The first-order chi connectivity index (χ1) is 7.79. The smallest absolute Gasteiger partial charge is 0.252 e. The topological polar surface area (TPSA) is 87.4 Å². The van der Waals surface area contributed by atoms with Crippen molar-refractivity contribution in [3.05, 3.63) is 35.7 Å². The second kappa shape index (κ2) is 4.31. The van der Waals surface area contributed by atoms with E-state index in [2.05, 4.69) is 15.5 Å². The van der Waals surface area contributed by atoms with Gasteiger partial charge in [-0.25, -0.2) is 10.4 Å². The zero-order chi connectivity index (χ0) is 11.4. The van der Waals surface area contributed by atoms with E-state index in [9.17, 15) is 0 Å². The minimum absolute atomic E-state index is 0.175. The monoisotopic (exact) mass is 216 g/mol. The molecule has 2 aromatic rings. The fraction of sp³-hybridized carbons (Fsp3) is 0.100. The molecule has 2 heterocycles. The molecule has 0 aromatic carbocycles. The number of hydrogen-bond donors (Lipinski definition) is 1. The fourth-order valence-electron chi connectivity index (χ4n) is 1.10. The van der Waals surface area contributed by atoms with Gasteiger partial charge >= 0.3 is 0 Å². The summed E-state index contributed by atoms with van der Waals surface area (Å²) in [5, 5.41) is 12.6. The second-order valence-electron chi connectivity index (χ2n) is 2.91. The van der Waals surface area contributed by atoms with E-state index < -0.39 is 0 Å². The van der Waals surface area contributed by atoms with Gasteiger partial charge in [-0.05, 0) is 12.1 Å². The molecule has 1 N–H and O–H groups in total. The third kappa shape index (κ3) is 2.09. The third-order valence-electron chi connectivity index (χ3n) is 1.74. The number of nitrogens with one attached hydrogen (secondary N) is 1. The highest BCUT2D eigenvalue weighted by molar-refractivity contribution is 5.76. The highest BCUT2D eigenvalue weighted by Crippen LogP contribution is 2.15. The largest absolute Gasteiger partial charge is 0.463 e. The van der Waals surface area contributed by atoms with Gasteiger partial charge in [0.05, 0.1) is 12.5 Å². The summed E-state index contributed by atoms with van der Waals surface area (Å²) in [7, 11) is 0. The highest BCUT2D eigenvalue weighted by atomic mass is 16.4. The van der Waals surface area contributed by atoms with Crippen LogP contribution in [0.15, 0.2) is 32.3 Å². The number of anilines is 1. The van der Waals surface area contributed by atoms with Crippen LogP contribution in [0.3, 0.4) is 0 Å². The van der Waals surface area contributed by atoms with E-state index in [-0.39, 0.29) is 11.6 Å². The number of aryl methyl sites for hydroxylation is 1. The molecule has 0 fully saturated rings. The van der Waals surface area contributed by atoms with E-state index in [1.807, 2.05) is 6.07 Å².